The molecule has 0 aromatic carbocycles. The fraction of sp³-hybridized carbons (Fsp3) is 0.800. The number of nitrogens with two attached hydrogens (primary N) is 1. The van der Waals surface area contributed by atoms with Crippen molar-refractivity contribution in [2.45, 2.75) is 39.0 Å². The van der Waals surface area contributed by atoms with Crippen LogP contribution in [0.1, 0.15) is 37.2 Å². The van der Waals surface area contributed by atoms with Gasteiger partial charge in [0, 0.05) is 13.7 Å². The molecule has 0 radical (unpaired) electrons. The van der Waals surface area contributed by atoms with Crippen molar-refractivity contribution in [3.8, 4) is 0 Å². The molecule has 0 amide bonds. The quantitative estimate of drug-likeness (QED) is 0.782. The first kappa shape index (κ1) is 10.6. The molecule has 5 heteroatoms. The van der Waals surface area contributed by atoms with Crippen LogP contribution in [0.2, 0.25) is 0 Å². The van der Waals surface area contributed by atoms with Crippen molar-refractivity contribution in [2.24, 2.45) is 11.7 Å². The molecule has 2 rings (SSSR count). The van der Waals surface area contributed by atoms with E-state index >= 15 is 0 Å². The number of nitrogens with zero attached hydrogens (tertiary/aromatic N) is 3. The van der Waals surface area contributed by atoms with Gasteiger partial charge in [-0.1, -0.05) is 5.21 Å². The lowest BCUT2D eigenvalue weighted by Crippen LogP contribution is -2.14. The van der Waals surface area contributed by atoms with Gasteiger partial charge in [-0.2, -0.15) is 0 Å². The van der Waals surface area contributed by atoms with Crippen LogP contribution in [-0.2, 0) is 17.9 Å². The summed E-state index contributed by atoms with van der Waals surface area (Å²) in [5, 5.41) is 8.27. The lowest BCUT2D eigenvalue weighted by atomic mass is 10.2. The highest BCUT2D eigenvalue weighted by Gasteiger charge is 2.31. The van der Waals surface area contributed by atoms with E-state index in [4.69, 9.17) is 10.5 Å². The molecule has 84 valence electrons. The Morgan fingerprint density at radius 2 is 2.33 bits per heavy atom. The number of rotatable bonds is 5. The molecule has 1 heterocycles. The Hall–Kier alpha value is -0.940. The zero-order valence-electron chi connectivity index (χ0n) is 9.31. The highest BCUT2D eigenvalue weighted by molar-refractivity contribution is 5.10. The average molecular weight is 210 g/mol. The lowest BCUT2D eigenvalue weighted by molar-refractivity contribution is 0.172. The van der Waals surface area contributed by atoms with Crippen LogP contribution in [0, 0.1) is 5.92 Å². The molecule has 1 saturated carbocycles. The fourth-order valence-electron chi connectivity index (χ4n) is 1.90. The number of methoxy groups -OCH3 is 1. The third-order valence-electron chi connectivity index (χ3n) is 3.04. The largest absolute Gasteiger partial charge is 0.378 e. The van der Waals surface area contributed by atoms with Gasteiger partial charge in [0.1, 0.15) is 5.69 Å². The summed E-state index contributed by atoms with van der Waals surface area (Å²) < 4.78 is 7.14. The molecule has 1 aliphatic carbocycles. The second-order valence-electron chi connectivity index (χ2n) is 4.14. The highest BCUT2D eigenvalue weighted by Crippen LogP contribution is 2.39. The molecule has 1 aromatic rings. The van der Waals surface area contributed by atoms with Crippen molar-refractivity contribution >= 4 is 0 Å². The SMILES string of the molecule is COCc1c(CN)nnn1C(C)C1CC1. The van der Waals surface area contributed by atoms with E-state index in [0.717, 1.165) is 17.3 Å². The van der Waals surface area contributed by atoms with E-state index in [1.165, 1.54) is 12.8 Å². The molecule has 1 fully saturated rings. The summed E-state index contributed by atoms with van der Waals surface area (Å²) in [6, 6.07) is 0.419. The van der Waals surface area contributed by atoms with Crippen LogP contribution < -0.4 is 5.73 Å². The summed E-state index contributed by atoms with van der Waals surface area (Å²) in [6.07, 6.45) is 2.59. The van der Waals surface area contributed by atoms with Gasteiger partial charge in [0.2, 0.25) is 0 Å². The average Bonchev–Trinajstić information content (AvgIpc) is 3.00. The van der Waals surface area contributed by atoms with Gasteiger partial charge < -0.3 is 10.5 Å². The number of hydrogen-bond donors (Lipinski definition) is 1. The van der Waals surface area contributed by atoms with Gasteiger partial charge in [-0.3, -0.25) is 0 Å². The molecule has 2 N–H and O–H groups in total. The normalized spacial score (nSPS) is 18.1. The van der Waals surface area contributed by atoms with E-state index in [-0.39, 0.29) is 0 Å². The predicted molar refractivity (Wildman–Crippen MR) is 56.1 cm³/mol. The first-order valence-electron chi connectivity index (χ1n) is 5.39. The van der Waals surface area contributed by atoms with Gasteiger partial charge in [0.25, 0.3) is 0 Å². The Morgan fingerprint density at radius 1 is 1.60 bits per heavy atom. The minimum absolute atomic E-state index is 0.419. The van der Waals surface area contributed by atoms with E-state index in [0.29, 0.717) is 19.2 Å². The van der Waals surface area contributed by atoms with E-state index in [9.17, 15) is 0 Å². The molecular formula is C10H18N4O. The Labute approximate surface area is 89.6 Å². The Balaban J connectivity index is 2.24. The van der Waals surface area contributed by atoms with Gasteiger partial charge >= 0.3 is 0 Å². The van der Waals surface area contributed by atoms with E-state index < -0.39 is 0 Å². The molecule has 1 aliphatic rings. The smallest absolute Gasteiger partial charge is 0.102 e. The first-order valence-corrected chi connectivity index (χ1v) is 5.39. The zero-order chi connectivity index (χ0) is 10.8. The molecule has 1 atom stereocenters. The van der Waals surface area contributed by atoms with Crippen molar-refractivity contribution < 1.29 is 4.74 Å². The summed E-state index contributed by atoms with van der Waals surface area (Å²) in [7, 11) is 1.68. The van der Waals surface area contributed by atoms with Crippen molar-refractivity contribution in [2.75, 3.05) is 7.11 Å². The van der Waals surface area contributed by atoms with Crippen LogP contribution in [-0.4, -0.2) is 22.1 Å². The monoisotopic (exact) mass is 210 g/mol. The number of ether oxygens (including phenoxy) is 1. The maximum atomic E-state index is 5.61. The molecule has 0 bridgehead atoms. The standard InChI is InChI=1S/C10H18N4O/c1-7(8-3-4-8)14-10(6-15-2)9(5-11)12-13-14/h7-8H,3-6,11H2,1-2H3. The predicted octanol–water partition coefficient (Wildman–Crippen LogP) is 0.854. The molecule has 15 heavy (non-hydrogen) atoms. The molecular weight excluding hydrogens is 192 g/mol. The van der Waals surface area contributed by atoms with Gasteiger partial charge in [0.05, 0.1) is 18.3 Å². The first-order chi connectivity index (χ1) is 7.27. The Bertz CT molecular complexity index is 332. The summed E-state index contributed by atoms with van der Waals surface area (Å²) in [5.74, 6) is 0.757. The van der Waals surface area contributed by atoms with E-state index in [2.05, 4.69) is 17.2 Å². The molecule has 5 nitrogen and oxygen atoms in total. The number of hydrogen-bond acceptors (Lipinski definition) is 4. The molecule has 0 spiro atoms. The van der Waals surface area contributed by atoms with Gasteiger partial charge in [0.15, 0.2) is 0 Å². The van der Waals surface area contributed by atoms with Crippen molar-refractivity contribution in [3.05, 3.63) is 11.4 Å². The highest BCUT2D eigenvalue weighted by atomic mass is 16.5. The van der Waals surface area contributed by atoms with Crippen LogP contribution in [0.15, 0.2) is 0 Å². The van der Waals surface area contributed by atoms with Crippen LogP contribution in [0.5, 0.6) is 0 Å². The van der Waals surface area contributed by atoms with Gasteiger partial charge in [-0.05, 0) is 25.7 Å². The summed E-state index contributed by atoms with van der Waals surface area (Å²) in [5.41, 5.74) is 7.49. The topological polar surface area (TPSA) is 66.0 Å². The van der Waals surface area contributed by atoms with Crippen LogP contribution >= 0.6 is 0 Å². The third-order valence-corrected chi connectivity index (χ3v) is 3.04. The van der Waals surface area contributed by atoms with Crippen LogP contribution in [0.25, 0.3) is 0 Å². The zero-order valence-corrected chi connectivity index (χ0v) is 9.31. The fourth-order valence-corrected chi connectivity index (χ4v) is 1.90. The molecule has 1 aromatic heterocycles. The van der Waals surface area contributed by atoms with E-state index in [1.54, 1.807) is 7.11 Å². The minimum Gasteiger partial charge on any atom is -0.378 e. The van der Waals surface area contributed by atoms with Crippen LogP contribution in [0.4, 0.5) is 0 Å². The summed E-state index contributed by atoms with van der Waals surface area (Å²) in [6.45, 7) is 3.15. The summed E-state index contributed by atoms with van der Waals surface area (Å²) in [4.78, 5) is 0. The third kappa shape index (κ3) is 2.03. The van der Waals surface area contributed by atoms with Crippen molar-refractivity contribution in [1.29, 1.82) is 0 Å². The maximum Gasteiger partial charge on any atom is 0.102 e. The van der Waals surface area contributed by atoms with Crippen LogP contribution in [0.3, 0.4) is 0 Å². The lowest BCUT2D eigenvalue weighted by Gasteiger charge is -2.13. The Kier molecular flexibility index (Phi) is 3.02. The second kappa shape index (κ2) is 4.28. The van der Waals surface area contributed by atoms with Crippen molar-refractivity contribution in [3.63, 3.8) is 0 Å². The maximum absolute atomic E-state index is 5.61. The second-order valence-corrected chi connectivity index (χ2v) is 4.14. The Morgan fingerprint density at radius 3 is 2.87 bits per heavy atom. The van der Waals surface area contributed by atoms with E-state index in [1.807, 2.05) is 4.68 Å². The molecule has 0 saturated heterocycles. The van der Waals surface area contributed by atoms with Gasteiger partial charge in [-0.25, -0.2) is 4.68 Å². The van der Waals surface area contributed by atoms with Gasteiger partial charge in [-0.15, -0.1) is 5.10 Å². The summed E-state index contributed by atoms with van der Waals surface area (Å²) >= 11 is 0. The van der Waals surface area contributed by atoms with Crippen molar-refractivity contribution in [1.82, 2.24) is 15.0 Å². The molecule has 0 aliphatic heterocycles. The molecule has 1 unspecified atom stereocenters. The minimum atomic E-state index is 0.419. The number of aromatic nitrogens is 3.